The molecule has 0 aliphatic rings. The van der Waals surface area contributed by atoms with Crippen molar-refractivity contribution in [1.82, 2.24) is 0 Å². The van der Waals surface area contributed by atoms with Gasteiger partial charge in [-0.3, -0.25) is 25.0 Å². The molecule has 9 heteroatoms. The summed E-state index contributed by atoms with van der Waals surface area (Å²) in [4.78, 5) is 31.8. The molecule has 8 nitrogen and oxygen atoms in total. The summed E-state index contributed by atoms with van der Waals surface area (Å²) < 4.78 is 0. The van der Waals surface area contributed by atoms with Crippen LogP contribution in [0.15, 0.2) is 42.5 Å². The SMILES string of the molecule is O=C(Cl)c1cc([N+](=O)[O-])c(Nc2ccccc2)c([N+](=O)[O-])c1. The number of nitrogens with one attached hydrogen (secondary N) is 1. The zero-order chi connectivity index (χ0) is 16.3. The maximum Gasteiger partial charge on any atom is 0.300 e. The second-order valence-electron chi connectivity index (χ2n) is 4.17. The van der Waals surface area contributed by atoms with Gasteiger partial charge in [-0.05, 0) is 23.7 Å². The monoisotopic (exact) mass is 321 g/mol. The van der Waals surface area contributed by atoms with Gasteiger partial charge in [0.2, 0.25) is 0 Å². The maximum absolute atomic E-state index is 11.2. The number of carbonyl (C=O) groups excluding carboxylic acids is 1. The average molecular weight is 322 g/mol. The van der Waals surface area contributed by atoms with Crippen molar-refractivity contribution >= 4 is 39.6 Å². The van der Waals surface area contributed by atoms with Crippen LogP contribution in [0.5, 0.6) is 0 Å². The molecule has 0 radical (unpaired) electrons. The van der Waals surface area contributed by atoms with Crippen molar-refractivity contribution in [2.75, 3.05) is 5.32 Å². The summed E-state index contributed by atoms with van der Waals surface area (Å²) >= 11 is 5.26. The van der Waals surface area contributed by atoms with Gasteiger partial charge in [-0.15, -0.1) is 0 Å². The number of para-hydroxylation sites is 1. The molecule has 0 aliphatic heterocycles. The number of benzene rings is 2. The number of nitro groups is 2. The summed E-state index contributed by atoms with van der Waals surface area (Å²) in [6.07, 6.45) is 0. The van der Waals surface area contributed by atoms with Crippen LogP contribution >= 0.6 is 11.6 Å². The van der Waals surface area contributed by atoms with Gasteiger partial charge < -0.3 is 5.32 Å². The molecular weight excluding hydrogens is 314 g/mol. The summed E-state index contributed by atoms with van der Waals surface area (Å²) in [6, 6.07) is 10.0. The van der Waals surface area contributed by atoms with Gasteiger partial charge in [0.25, 0.3) is 5.24 Å². The fourth-order valence-corrected chi connectivity index (χ4v) is 1.92. The van der Waals surface area contributed by atoms with Crippen LogP contribution in [0.3, 0.4) is 0 Å². The smallest absolute Gasteiger partial charge is 0.300 e. The normalized spacial score (nSPS) is 10.0. The molecule has 0 atom stereocenters. The Labute approximate surface area is 128 Å². The molecule has 0 fully saturated rings. The molecular formula is C13H8ClN3O5. The molecule has 2 rings (SSSR count). The first kappa shape index (κ1) is 15.4. The standard InChI is InChI=1S/C13H8ClN3O5/c14-13(18)8-6-10(16(19)20)12(11(7-8)17(21)22)15-9-4-2-1-3-5-9/h1-7,15H. The van der Waals surface area contributed by atoms with Crippen molar-refractivity contribution in [2.45, 2.75) is 0 Å². The van der Waals surface area contributed by atoms with Gasteiger partial charge in [0.05, 0.1) is 9.85 Å². The van der Waals surface area contributed by atoms with E-state index in [0.717, 1.165) is 12.1 Å². The van der Waals surface area contributed by atoms with Gasteiger partial charge in [0.1, 0.15) is 0 Å². The zero-order valence-corrected chi connectivity index (χ0v) is 11.6. The first-order valence-corrected chi connectivity index (χ1v) is 6.26. The summed E-state index contributed by atoms with van der Waals surface area (Å²) in [5.74, 6) is 0. The lowest BCUT2D eigenvalue weighted by Gasteiger charge is -2.08. The molecule has 0 saturated carbocycles. The lowest BCUT2D eigenvalue weighted by molar-refractivity contribution is -0.392. The minimum atomic E-state index is -1.02. The van der Waals surface area contributed by atoms with Crippen LogP contribution < -0.4 is 5.32 Å². The highest BCUT2D eigenvalue weighted by molar-refractivity contribution is 6.67. The van der Waals surface area contributed by atoms with E-state index in [4.69, 9.17) is 11.6 Å². The lowest BCUT2D eigenvalue weighted by Crippen LogP contribution is -2.04. The minimum absolute atomic E-state index is 0.317. The van der Waals surface area contributed by atoms with Crippen LogP contribution in [0.4, 0.5) is 22.7 Å². The van der Waals surface area contributed by atoms with Gasteiger partial charge in [0, 0.05) is 23.4 Å². The van der Waals surface area contributed by atoms with E-state index in [9.17, 15) is 25.0 Å². The van der Waals surface area contributed by atoms with Gasteiger partial charge in [-0.2, -0.15) is 0 Å². The van der Waals surface area contributed by atoms with Crippen molar-refractivity contribution in [3.8, 4) is 0 Å². The Bertz CT molecular complexity index is 729. The number of halogens is 1. The number of hydrogen-bond acceptors (Lipinski definition) is 6. The Morgan fingerprint density at radius 3 is 1.91 bits per heavy atom. The fourth-order valence-electron chi connectivity index (χ4n) is 1.81. The fraction of sp³-hybridized carbons (Fsp3) is 0. The highest BCUT2D eigenvalue weighted by atomic mass is 35.5. The largest absolute Gasteiger partial charge is 0.344 e. The van der Waals surface area contributed by atoms with Gasteiger partial charge in [-0.25, -0.2) is 0 Å². The molecule has 2 aromatic rings. The Morgan fingerprint density at radius 2 is 1.50 bits per heavy atom. The molecule has 0 amide bonds. The quantitative estimate of drug-likeness (QED) is 0.510. The van der Waals surface area contributed by atoms with Gasteiger partial charge in [0.15, 0.2) is 5.69 Å². The Hall–Kier alpha value is -3.00. The third-order valence-corrected chi connectivity index (χ3v) is 2.98. The number of carbonyl (C=O) groups is 1. The lowest BCUT2D eigenvalue weighted by atomic mass is 10.1. The maximum atomic E-state index is 11.2. The summed E-state index contributed by atoms with van der Waals surface area (Å²) in [5.41, 5.74) is -1.43. The minimum Gasteiger partial charge on any atom is -0.344 e. The molecule has 22 heavy (non-hydrogen) atoms. The zero-order valence-electron chi connectivity index (χ0n) is 10.9. The molecule has 2 aromatic carbocycles. The Morgan fingerprint density at radius 1 is 1.00 bits per heavy atom. The van der Waals surface area contributed by atoms with Crippen LogP contribution in [0.2, 0.25) is 0 Å². The number of anilines is 2. The van der Waals surface area contributed by atoms with Crippen LogP contribution in [0.1, 0.15) is 10.4 Å². The average Bonchev–Trinajstić information content (AvgIpc) is 2.47. The van der Waals surface area contributed by atoms with E-state index in [1.165, 1.54) is 0 Å². The van der Waals surface area contributed by atoms with Gasteiger partial charge >= 0.3 is 11.4 Å². The van der Waals surface area contributed by atoms with E-state index in [2.05, 4.69) is 5.32 Å². The highest BCUT2D eigenvalue weighted by Crippen LogP contribution is 2.38. The van der Waals surface area contributed by atoms with Crippen molar-refractivity contribution in [1.29, 1.82) is 0 Å². The summed E-state index contributed by atoms with van der Waals surface area (Å²) in [5, 5.41) is 23.9. The van der Waals surface area contributed by atoms with E-state index < -0.39 is 26.5 Å². The predicted molar refractivity (Wildman–Crippen MR) is 79.7 cm³/mol. The number of rotatable bonds is 5. The highest BCUT2D eigenvalue weighted by Gasteiger charge is 2.28. The topological polar surface area (TPSA) is 115 Å². The molecule has 0 aromatic heterocycles. The second kappa shape index (κ2) is 6.19. The van der Waals surface area contributed by atoms with Crippen LogP contribution in [-0.4, -0.2) is 15.1 Å². The van der Waals surface area contributed by atoms with E-state index >= 15 is 0 Å². The number of hydrogen-bond donors (Lipinski definition) is 1. The van der Waals surface area contributed by atoms with Crippen molar-refractivity contribution < 1.29 is 14.6 Å². The van der Waals surface area contributed by atoms with Crippen molar-refractivity contribution in [2.24, 2.45) is 0 Å². The predicted octanol–water partition coefficient (Wildman–Crippen LogP) is 3.63. The molecule has 0 bridgehead atoms. The summed E-state index contributed by atoms with van der Waals surface area (Å²) in [6.45, 7) is 0. The molecule has 0 saturated heterocycles. The second-order valence-corrected chi connectivity index (χ2v) is 4.51. The molecule has 0 spiro atoms. The molecule has 0 heterocycles. The van der Waals surface area contributed by atoms with E-state index in [-0.39, 0.29) is 11.3 Å². The first-order valence-electron chi connectivity index (χ1n) is 5.89. The van der Waals surface area contributed by atoms with Crippen molar-refractivity contribution in [3.63, 3.8) is 0 Å². The van der Waals surface area contributed by atoms with E-state index in [1.807, 2.05) is 0 Å². The molecule has 0 aliphatic carbocycles. The summed E-state index contributed by atoms with van der Waals surface area (Å²) in [7, 11) is 0. The molecule has 0 unspecified atom stereocenters. The third kappa shape index (κ3) is 3.18. The number of nitro benzene ring substituents is 2. The third-order valence-electron chi connectivity index (χ3n) is 2.76. The van der Waals surface area contributed by atoms with Crippen LogP contribution in [0.25, 0.3) is 0 Å². The Balaban J connectivity index is 2.66. The van der Waals surface area contributed by atoms with Crippen LogP contribution in [-0.2, 0) is 0 Å². The molecule has 112 valence electrons. The van der Waals surface area contributed by atoms with Gasteiger partial charge in [-0.1, -0.05) is 18.2 Å². The van der Waals surface area contributed by atoms with Crippen LogP contribution in [0, 0.1) is 20.2 Å². The van der Waals surface area contributed by atoms with Crippen molar-refractivity contribution in [3.05, 3.63) is 68.3 Å². The van der Waals surface area contributed by atoms with E-state index in [1.54, 1.807) is 30.3 Å². The first-order chi connectivity index (χ1) is 10.4. The van der Waals surface area contributed by atoms with E-state index in [0.29, 0.717) is 5.69 Å². The Kier molecular flexibility index (Phi) is 4.33. The number of nitrogens with zero attached hydrogens (tertiary/aromatic N) is 2. The molecule has 1 N–H and O–H groups in total.